The van der Waals surface area contributed by atoms with Crippen molar-refractivity contribution in [2.45, 2.75) is 12.8 Å². The maximum atomic E-state index is 12.1. The lowest BCUT2D eigenvalue weighted by atomic mass is 10.1. The molecule has 0 radical (unpaired) electrons. The number of benzene rings is 1. The lowest BCUT2D eigenvalue weighted by molar-refractivity contribution is -0.137. The van der Waals surface area contributed by atoms with Crippen LogP contribution >= 0.6 is 0 Å². The van der Waals surface area contributed by atoms with Crippen LogP contribution in [0.5, 0.6) is 5.75 Å². The summed E-state index contributed by atoms with van der Waals surface area (Å²) in [6, 6.07) is 6.94. The number of carboxylic acids is 1. The normalized spacial score (nSPS) is 13.9. The van der Waals surface area contributed by atoms with Crippen molar-refractivity contribution in [3.05, 3.63) is 29.8 Å². The van der Waals surface area contributed by atoms with Crippen molar-refractivity contribution >= 4 is 11.9 Å². The predicted molar refractivity (Wildman–Crippen MR) is 69.3 cm³/mol. The standard InChI is InChI=1S/C14H17NO4/c1-15(8-13(16)17)14(18)11-4-2-3-5-12(11)19-9-10-6-7-10/h2-5,10H,6-9H2,1H3,(H,16,17). The highest BCUT2D eigenvalue weighted by Crippen LogP contribution is 2.30. The minimum absolute atomic E-state index is 0.324. The van der Waals surface area contributed by atoms with Crippen LogP contribution in [-0.4, -0.2) is 42.1 Å². The Morgan fingerprint density at radius 3 is 2.68 bits per heavy atom. The fraction of sp³-hybridized carbons (Fsp3) is 0.429. The highest BCUT2D eigenvalue weighted by molar-refractivity contribution is 5.98. The maximum absolute atomic E-state index is 12.1. The zero-order chi connectivity index (χ0) is 13.8. The molecule has 0 atom stereocenters. The number of rotatable bonds is 6. The van der Waals surface area contributed by atoms with Gasteiger partial charge in [0.2, 0.25) is 0 Å². The van der Waals surface area contributed by atoms with Crippen LogP contribution in [0.15, 0.2) is 24.3 Å². The molecule has 0 bridgehead atoms. The number of likely N-dealkylation sites (N-methyl/N-ethyl adjacent to an activating group) is 1. The monoisotopic (exact) mass is 263 g/mol. The van der Waals surface area contributed by atoms with Gasteiger partial charge in [-0.2, -0.15) is 0 Å². The van der Waals surface area contributed by atoms with Crippen molar-refractivity contribution in [1.82, 2.24) is 4.90 Å². The molecule has 0 heterocycles. The molecule has 1 aromatic carbocycles. The summed E-state index contributed by atoms with van der Waals surface area (Å²) in [4.78, 5) is 23.9. The van der Waals surface area contributed by atoms with E-state index in [2.05, 4.69) is 0 Å². The minimum atomic E-state index is -1.03. The smallest absolute Gasteiger partial charge is 0.323 e. The molecule has 1 amide bonds. The van der Waals surface area contributed by atoms with E-state index >= 15 is 0 Å². The van der Waals surface area contributed by atoms with Gasteiger partial charge >= 0.3 is 5.97 Å². The Balaban J connectivity index is 2.08. The molecule has 0 unspecified atom stereocenters. The van der Waals surface area contributed by atoms with Gasteiger partial charge in [-0.15, -0.1) is 0 Å². The summed E-state index contributed by atoms with van der Waals surface area (Å²) in [5.41, 5.74) is 0.409. The molecule has 1 saturated carbocycles. The Hall–Kier alpha value is -2.04. The molecule has 0 spiro atoms. The lowest BCUT2D eigenvalue weighted by Gasteiger charge is -2.17. The van der Waals surface area contributed by atoms with Gasteiger partial charge in [0.15, 0.2) is 0 Å². The molecule has 102 valence electrons. The van der Waals surface area contributed by atoms with E-state index in [4.69, 9.17) is 9.84 Å². The summed E-state index contributed by atoms with van der Waals surface area (Å²) in [5.74, 6) is -0.252. The summed E-state index contributed by atoms with van der Waals surface area (Å²) in [5, 5.41) is 8.71. The summed E-state index contributed by atoms with van der Waals surface area (Å²) in [6.45, 7) is 0.294. The van der Waals surface area contributed by atoms with E-state index in [1.54, 1.807) is 24.3 Å². The summed E-state index contributed by atoms with van der Waals surface area (Å²) in [6.07, 6.45) is 2.35. The fourth-order valence-electron chi connectivity index (χ4n) is 1.74. The third kappa shape index (κ3) is 3.71. The topological polar surface area (TPSA) is 66.8 Å². The highest BCUT2D eigenvalue weighted by atomic mass is 16.5. The van der Waals surface area contributed by atoms with Crippen molar-refractivity contribution in [1.29, 1.82) is 0 Å². The zero-order valence-electron chi connectivity index (χ0n) is 10.8. The number of aliphatic carboxylic acids is 1. The molecule has 0 aromatic heterocycles. The first-order valence-corrected chi connectivity index (χ1v) is 6.27. The second kappa shape index (κ2) is 5.73. The number of amides is 1. The molecule has 5 nitrogen and oxygen atoms in total. The minimum Gasteiger partial charge on any atom is -0.492 e. The molecular formula is C14H17NO4. The number of para-hydroxylation sites is 1. The van der Waals surface area contributed by atoms with Crippen LogP contribution in [-0.2, 0) is 4.79 Å². The SMILES string of the molecule is CN(CC(=O)O)C(=O)c1ccccc1OCC1CC1. The molecular weight excluding hydrogens is 246 g/mol. The highest BCUT2D eigenvalue weighted by Gasteiger charge is 2.23. The maximum Gasteiger partial charge on any atom is 0.323 e. The van der Waals surface area contributed by atoms with Crippen molar-refractivity contribution in [3.63, 3.8) is 0 Å². The first kappa shape index (κ1) is 13.4. The Morgan fingerprint density at radius 1 is 1.37 bits per heavy atom. The Labute approximate surface area is 111 Å². The van der Waals surface area contributed by atoms with Gasteiger partial charge in [0.25, 0.3) is 5.91 Å². The van der Waals surface area contributed by atoms with E-state index in [0.717, 1.165) is 0 Å². The largest absolute Gasteiger partial charge is 0.492 e. The third-order valence-electron chi connectivity index (χ3n) is 3.01. The van der Waals surface area contributed by atoms with E-state index in [0.29, 0.717) is 23.8 Å². The molecule has 1 aliphatic carbocycles. The van der Waals surface area contributed by atoms with Crippen LogP contribution < -0.4 is 4.74 Å². The van der Waals surface area contributed by atoms with E-state index in [9.17, 15) is 9.59 Å². The Morgan fingerprint density at radius 2 is 2.05 bits per heavy atom. The number of ether oxygens (including phenoxy) is 1. The van der Waals surface area contributed by atoms with Crippen LogP contribution in [0.25, 0.3) is 0 Å². The van der Waals surface area contributed by atoms with Gasteiger partial charge < -0.3 is 14.7 Å². The molecule has 1 N–H and O–H groups in total. The molecule has 19 heavy (non-hydrogen) atoms. The third-order valence-corrected chi connectivity index (χ3v) is 3.01. The summed E-state index contributed by atoms with van der Waals surface area (Å²) in [7, 11) is 1.47. The van der Waals surface area contributed by atoms with Gasteiger partial charge in [-0.1, -0.05) is 12.1 Å². The van der Waals surface area contributed by atoms with Gasteiger partial charge in [-0.3, -0.25) is 9.59 Å². The predicted octanol–water partition coefficient (Wildman–Crippen LogP) is 1.63. The quantitative estimate of drug-likeness (QED) is 0.847. The van der Waals surface area contributed by atoms with Gasteiger partial charge in [0.1, 0.15) is 12.3 Å². The number of carbonyl (C=O) groups excluding carboxylic acids is 1. The molecule has 1 aliphatic rings. The Kier molecular flexibility index (Phi) is 4.04. The van der Waals surface area contributed by atoms with Crippen LogP contribution in [0.1, 0.15) is 23.2 Å². The number of carbonyl (C=O) groups is 2. The average Bonchev–Trinajstić information content (AvgIpc) is 3.19. The van der Waals surface area contributed by atoms with Crippen LogP contribution in [0, 0.1) is 5.92 Å². The average molecular weight is 263 g/mol. The van der Waals surface area contributed by atoms with E-state index in [1.807, 2.05) is 0 Å². The molecule has 1 fully saturated rings. The van der Waals surface area contributed by atoms with Crippen molar-refractivity contribution < 1.29 is 19.4 Å². The Bertz CT molecular complexity index is 482. The van der Waals surface area contributed by atoms with Gasteiger partial charge in [0.05, 0.1) is 12.2 Å². The van der Waals surface area contributed by atoms with E-state index < -0.39 is 5.97 Å². The van der Waals surface area contributed by atoms with E-state index in [1.165, 1.54) is 24.8 Å². The lowest BCUT2D eigenvalue weighted by Crippen LogP contribution is -2.32. The molecule has 2 rings (SSSR count). The van der Waals surface area contributed by atoms with Crippen LogP contribution in [0.2, 0.25) is 0 Å². The molecule has 0 saturated heterocycles. The second-order valence-corrected chi connectivity index (χ2v) is 4.81. The number of carboxylic acid groups (broad SMARTS) is 1. The van der Waals surface area contributed by atoms with Crippen LogP contribution in [0.4, 0.5) is 0 Å². The van der Waals surface area contributed by atoms with Crippen molar-refractivity contribution in [3.8, 4) is 5.75 Å². The van der Waals surface area contributed by atoms with Gasteiger partial charge in [-0.25, -0.2) is 0 Å². The van der Waals surface area contributed by atoms with Crippen LogP contribution in [0.3, 0.4) is 0 Å². The summed E-state index contributed by atoms with van der Waals surface area (Å²) >= 11 is 0. The first-order chi connectivity index (χ1) is 9.08. The first-order valence-electron chi connectivity index (χ1n) is 6.27. The number of hydrogen-bond donors (Lipinski definition) is 1. The van der Waals surface area contributed by atoms with E-state index in [-0.39, 0.29) is 12.5 Å². The number of hydrogen-bond acceptors (Lipinski definition) is 3. The van der Waals surface area contributed by atoms with Gasteiger partial charge in [-0.05, 0) is 30.9 Å². The second-order valence-electron chi connectivity index (χ2n) is 4.81. The molecule has 5 heteroatoms. The van der Waals surface area contributed by atoms with Gasteiger partial charge in [0, 0.05) is 7.05 Å². The molecule has 1 aromatic rings. The number of nitrogens with zero attached hydrogens (tertiary/aromatic N) is 1. The van der Waals surface area contributed by atoms with Crippen molar-refractivity contribution in [2.75, 3.05) is 20.2 Å². The fourth-order valence-corrected chi connectivity index (χ4v) is 1.74. The van der Waals surface area contributed by atoms with Crippen molar-refractivity contribution in [2.24, 2.45) is 5.92 Å². The zero-order valence-corrected chi connectivity index (χ0v) is 10.8. The molecule has 0 aliphatic heterocycles. The summed E-state index contributed by atoms with van der Waals surface area (Å²) < 4.78 is 5.64.